The first kappa shape index (κ1) is 23.1. The summed E-state index contributed by atoms with van der Waals surface area (Å²) in [6.07, 6.45) is 16.7. The second-order valence-corrected chi connectivity index (χ2v) is 13.5. The van der Waals surface area contributed by atoms with Gasteiger partial charge in [0.05, 0.1) is 6.10 Å². The van der Waals surface area contributed by atoms with Gasteiger partial charge in [0.25, 0.3) is 0 Å². The Balaban J connectivity index is 1.40. The van der Waals surface area contributed by atoms with Crippen LogP contribution in [0, 0.1) is 58.2 Å². The van der Waals surface area contributed by atoms with Crippen LogP contribution in [-0.4, -0.2) is 11.2 Å². The number of aliphatic hydroxyl groups is 1. The molecule has 4 fully saturated rings. The van der Waals surface area contributed by atoms with Crippen LogP contribution >= 0.6 is 0 Å². The monoisotopic (exact) mass is 416 g/mol. The van der Waals surface area contributed by atoms with Crippen molar-refractivity contribution in [1.82, 2.24) is 0 Å². The lowest BCUT2D eigenvalue weighted by Gasteiger charge is -2.61. The van der Waals surface area contributed by atoms with Crippen molar-refractivity contribution in [1.29, 1.82) is 0 Å². The maximum absolute atomic E-state index is 10.3. The highest BCUT2D eigenvalue weighted by Crippen LogP contribution is 2.67. The Morgan fingerprint density at radius 1 is 0.800 bits per heavy atom. The Morgan fingerprint density at radius 3 is 2.17 bits per heavy atom. The number of rotatable bonds is 6. The van der Waals surface area contributed by atoms with Crippen molar-refractivity contribution in [2.75, 3.05) is 0 Å². The van der Waals surface area contributed by atoms with E-state index in [0.29, 0.717) is 10.8 Å². The second-order valence-electron chi connectivity index (χ2n) is 13.5. The van der Waals surface area contributed by atoms with Crippen molar-refractivity contribution in [3.05, 3.63) is 0 Å². The number of aliphatic hydroxyl groups excluding tert-OH is 1. The van der Waals surface area contributed by atoms with E-state index in [1.54, 1.807) is 0 Å². The summed E-state index contributed by atoms with van der Waals surface area (Å²) in [5.74, 6) is 7.29. The highest BCUT2D eigenvalue weighted by molar-refractivity contribution is 5.09. The minimum Gasteiger partial charge on any atom is -0.393 e. The van der Waals surface area contributed by atoms with Crippen LogP contribution in [0.1, 0.15) is 119 Å². The molecule has 0 heterocycles. The molecule has 4 rings (SSSR count). The fraction of sp³-hybridized carbons (Fsp3) is 1.00. The first-order valence-electron chi connectivity index (χ1n) is 13.8. The van der Waals surface area contributed by atoms with Gasteiger partial charge in [0.1, 0.15) is 0 Å². The molecule has 4 aliphatic carbocycles. The van der Waals surface area contributed by atoms with E-state index in [2.05, 4.69) is 41.5 Å². The number of hydrogen-bond donors (Lipinski definition) is 1. The molecule has 0 aliphatic heterocycles. The van der Waals surface area contributed by atoms with Crippen LogP contribution in [0.3, 0.4) is 0 Å². The largest absolute Gasteiger partial charge is 0.393 e. The van der Waals surface area contributed by atoms with Gasteiger partial charge >= 0.3 is 0 Å². The minimum absolute atomic E-state index is 0.00940. The van der Waals surface area contributed by atoms with E-state index in [0.717, 1.165) is 60.2 Å². The molecule has 30 heavy (non-hydrogen) atoms. The van der Waals surface area contributed by atoms with Crippen LogP contribution in [0.2, 0.25) is 0 Å². The van der Waals surface area contributed by atoms with Crippen molar-refractivity contribution < 1.29 is 5.11 Å². The van der Waals surface area contributed by atoms with Crippen LogP contribution in [0.4, 0.5) is 0 Å². The molecule has 174 valence electrons. The van der Waals surface area contributed by atoms with Gasteiger partial charge in [-0.3, -0.25) is 0 Å². The molecule has 0 aromatic heterocycles. The Morgan fingerprint density at radius 2 is 1.47 bits per heavy atom. The lowest BCUT2D eigenvalue weighted by atomic mass is 9.44. The molecule has 0 saturated heterocycles. The van der Waals surface area contributed by atoms with Gasteiger partial charge < -0.3 is 5.11 Å². The average Bonchev–Trinajstić information content (AvgIpc) is 3.01. The molecular formula is C29H52O. The van der Waals surface area contributed by atoms with Crippen LogP contribution < -0.4 is 0 Å². The zero-order valence-corrected chi connectivity index (χ0v) is 21.1. The summed E-state index contributed by atoms with van der Waals surface area (Å²) in [5.41, 5.74) is 1.16. The van der Waals surface area contributed by atoms with Gasteiger partial charge in [-0.25, -0.2) is 0 Å². The Labute approximate surface area is 188 Å². The molecule has 8 atom stereocenters. The van der Waals surface area contributed by atoms with Gasteiger partial charge in [-0.05, 0) is 129 Å². The highest BCUT2D eigenvalue weighted by Gasteiger charge is 2.59. The van der Waals surface area contributed by atoms with Crippen LogP contribution in [0.15, 0.2) is 0 Å². The Hall–Kier alpha value is -0.0400. The van der Waals surface area contributed by atoms with Gasteiger partial charge in [-0.1, -0.05) is 48.0 Å². The zero-order valence-electron chi connectivity index (χ0n) is 21.1. The van der Waals surface area contributed by atoms with Gasteiger partial charge in [-0.15, -0.1) is 0 Å². The second kappa shape index (κ2) is 8.72. The summed E-state index contributed by atoms with van der Waals surface area (Å²) in [6.45, 7) is 15.1. The molecule has 0 aromatic carbocycles. The summed E-state index contributed by atoms with van der Waals surface area (Å²) < 4.78 is 0. The van der Waals surface area contributed by atoms with Gasteiger partial charge in [0.15, 0.2) is 0 Å². The van der Waals surface area contributed by atoms with E-state index in [1.807, 2.05) is 0 Å². The number of fused-ring (bicyclic) bond motifs is 5. The molecule has 4 aliphatic rings. The zero-order chi connectivity index (χ0) is 21.7. The third kappa shape index (κ3) is 3.92. The van der Waals surface area contributed by atoms with E-state index in [4.69, 9.17) is 0 Å². The van der Waals surface area contributed by atoms with Crippen molar-refractivity contribution in [2.24, 2.45) is 58.2 Å². The maximum atomic E-state index is 10.3. The normalized spacial score (nSPS) is 46.2. The molecule has 0 radical (unpaired) electrons. The summed E-state index contributed by atoms with van der Waals surface area (Å²) in [5, 5.41) is 10.3. The summed E-state index contributed by atoms with van der Waals surface area (Å²) in [6, 6.07) is 0. The predicted octanol–water partition coefficient (Wildman–Crippen LogP) is 8.10. The molecular weight excluding hydrogens is 364 g/mol. The molecule has 1 N–H and O–H groups in total. The molecule has 1 nitrogen and oxygen atoms in total. The van der Waals surface area contributed by atoms with Gasteiger partial charge in [0, 0.05) is 0 Å². The van der Waals surface area contributed by atoms with Crippen LogP contribution in [-0.2, 0) is 0 Å². The van der Waals surface area contributed by atoms with Crippen LogP contribution in [0.25, 0.3) is 0 Å². The predicted molar refractivity (Wildman–Crippen MR) is 128 cm³/mol. The first-order chi connectivity index (χ1) is 14.2. The third-order valence-corrected chi connectivity index (χ3v) is 11.6. The van der Waals surface area contributed by atoms with E-state index in [9.17, 15) is 5.11 Å². The van der Waals surface area contributed by atoms with Gasteiger partial charge in [0.2, 0.25) is 0 Å². The smallest absolute Gasteiger partial charge is 0.0543 e. The minimum atomic E-state index is -0.00940. The van der Waals surface area contributed by atoms with Crippen LogP contribution in [0.5, 0.6) is 0 Å². The van der Waals surface area contributed by atoms with E-state index in [-0.39, 0.29) is 6.10 Å². The fourth-order valence-corrected chi connectivity index (χ4v) is 9.85. The topological polar surface area (TPSA) is 20.2 Å². The lowest BCUT2D eigenvalue weighted by molar-refractivity contribution is -0.127. The van der Waals surface area contributed by atoms with E-state index in [1.165, 1.54) is 64.2 Å². The molecule has 0 spiro atoms. The van der Waals surface area contributed by atoms with Crippen molar-refractivity contribution in [3.8, 4) is 0 Å². The molecule has 8 unspecified atom stereocenters. The molecule has 0 amide bonds. The lowest BCUT2D eigenvalue weighted by Crippen LogP contribution is -2.53. The Bertz CT molecular complexity index is 573. The SMILES string of the molecule is CC(C)C(CCCC1CCC2C3CCC4CC(O)CCC4(C)C3CCC12C)C(C)C. The molecule has 0 bridgehead atoms. The maximum Gasteiger partial charge on any atom is 0.0543 e. The molecule has 4 saturated carbocycles. The van der Waals surface area contributed by atoms with Crippen molar-refractivity contribution >= 4 is 0 Å². The molecule has 0 aromatic rings. The quantitative estimate of drug-likeness (QED) is 0.463. The summed E-state index contributed by atoms with van der Waals surface area (Å²) >= 11 is 0. The summed E-state index contributed by atoms with van der Waals surface area (Å²) in [4.78, 5) is 0. The van der Waals surface area contributed by atoms with Gasteiger partial charge in [-0.2, -0.15) is 0 Å². The standard InChI is InChI=1S/C29H52O/c1-19(2)24(20(3)4)9-7-8-21-11-13-26-25-12-10-22-18-23(30)14-16-29(22,6)27(25)15-17-28(21,26)5/h19-27,30H,7-18H2,1-6H3. The molecule has 1 heteroatoms. The van der Waals surface area contributed by atoms with E-state index < -0.39 is 0 Å². The average molecular weight is 417 g/mol. The van der Waals surface area contributed by atoms with Crippen molar-refractivity contribution in [2.45, 2.75) is 125 Å². The fourth-order valence-electron chi connectivity index (χ4n) is 9.85. The Kier molecular flexibility index (Phi) is 6.72. The first-order valence-corrected chi connectivity index (χ1v) is 13.8. The third-order valence-electron chi connectivity index (χ3n) is 11.6. The van der Waals surface area contributed by atoms with Crippen molar-refractivity contribution in [3.63, 3.8) is 0 Å². The van der Waals surface area contributed by atoms with E-state index >= 15 is 0 Å². The highest BCUT2D eigenvalue weighted by atomic mass is 16.3. The summed E-state index contributed by atoms with van der Waals surface area (Å²) in [7, 11) is 0. The number of hydrogen-bond acceptors (Lipinski definition) is 1.